The van der Waals surface area contributed by atoms with E-state index < -0.39 is 15.9 Å². The summed E-state index contributed by atoms with van der Waals surface area (Å²) in [7, 11) is -3.67. The average molecular weight is 424 g/mol. The van der Waals surface area contributed by atoms with E-state index in [1.807, 2.05) is 0 Å². The Kier molecular flexibility index (Phi) is 7.13. The van der Waals surface area contributed by atoms with Crippen molar-refractivity contribution in [2.24, 2.45) is 5.73 Å². The first-order valence-corrected chi connectivity index (χ1v) is 11.7. The molecule has 2 amide bonds. The van der Waals surface area contributed by atoms with Gasteiger partial charge in [0.25, 0.3) is 11.8 Å². The van der Waals surface area contributed by atoms with Crippen molar-refractivity contribution >= 4 is 21.8 Å². The van der Waals surface area contributed by atoms with Gasteiger partial charge in [0, 0.05) is 26.2 Å². The van der Waals surface area contributed by atoms with Gasteiger partial charge in [-0.2, -0.15) is 4.31 Å². The second-order valence-electron chi connectivity index (χ2n) is 7.57. The number of amides is 2. The van der Waals surface area contributed by atoms with Gasteiger partial charge in [-0.15, -0.1) is 0 Å². The molecule has 1 aromatic carbocycles. The lowest BCUT2D eigenvalue weighted by molar-refractivity contribution is -0.133. The molecule has 2 heterocycles. The van der Waals surface area contributed by atoms with Crippen molar-refractivity contribution < 1.29 is 22.7 Å². The predicted molar refractivity (Wildman–Crippen MR) is 108 cm³/mol. The molecule has 9 heteroatoms. The topological polar surface area (TPSA) is 110 Å². The van der Waals surface area contributed by atoms with Gasteiger partial charge in [0.15, 0.2) is 6.61 Å². The van der Waals surface area contributed by atoms with Crippen LogP contribution in [0.4, 0.5) is 0 Å². The molecule has 0 aliphatic carbocycles. The Morgan fingerprint density at radius 2 is 1.52 bits per heavy atom. The first-order valence-electron chi connectivity index (χ1n) is 10.2. The third kappa shape index (κ3) is 5.27. The first kappa shape index (κ1) is 21.6. The number of hydrogen-bond donors (Lipinski definition) is 1. The van der Waals surface area contributed by atoms with E-state index in [9.17, 15) is 18.0 Å². The Hall–Kier alpha value is -2.13. The molecular formula is C20H29N3O5S. The summed E-state index contributed by atoms with van der Waals surface area (Å²) in [6.45, 7) is 2.14. The molecular weight excluding hydrogens is 394 g/mol. The summed E-state index contributed by atoms with van der Waals surface area (Å²) in [4.78, 5) is 26.2. The van der Waals surface area contributed by atoms with Gasteiger partial charge in [0.05, 0.1) is 10.5 Å². The molecule has 2 N–H and O–H groups in total. The van der Waals surface area contributed by atoms with E-state index in [1.165, 1.54) is 28.9 Å². The molecule has 160 valence electrons. The van der Waals surface area contributed by atoms with Crippen LogP contribution >= 0.6 is 0 Å². The standard InChI is InChI=1S/C20H29N3O5S/c21-20(25)17-14-16(29(26,27)23-12-6-7-13-23)8-9-18(17)28-15-19(24)22-10-4-2-1-3-5-11-22/h8-9,14H,1-7,10-13,15H2,(H2,21,25). The van der Waals surface area contributed by atoms with Crippen molar-refractivity contribution in [1.29, 1.82) is 0 Å². The normalized spacial score (nSPS) is 18.8. The van der Waals surface area contributed by atoms with Crippen molar-refractivity contribution in [2.45, 2.75) is 49.8 Å². The zero-order valence-corrected chi connectivity index (χ0v) is 17.5. The van der Waals surface area contributed by atoms with E-state index in [0.29, 0.717) is 26.2 Å². The number of nitrogens with zero attached hydrogens (tertiary/aromatic N) is 2. The summed E-state index contributed by atoms with van der Waals surface area (Å²) in [5.74, 6) is -0.813. The van der Waals surface area contributed by atoms with E-state index in [4.69, 9.17) is 10.5 Å². The van der Waals surface area contributed by atoms with Gasteiger partial charge in [-0.25, -0.2) is 8.42 Å². The molecule has 2 saturated heterocycles. The van der Waals surface area contributed by atoms with Crippen molar-refractivity contribution in [2.75, 3.05) is 32.8 Å². The lowest BCUT2D eigenvalue weighted by Gasteiger charge is -2.25. The van der Waals surface area contributed by atoms with Gasteiger partial charge >= 0.3 is 0 Å². The second kappa shape index (κ2) is 9.58. The number of ether oxygens (including phenoxy) is 1. The number of benzene rings is 1. The Labute approximate surface area is 172 Å². The van der Waals surface area contributed by atoms with Crippen molar-refractivity contribution in [3.8, 4) is 5.75 Å². The largest absolute Gasteiger partial charge is 0.483 e. The Morgan fingerprint density at radius 3 is 2.14 bits per heavy atom. The van der Waals surface area contributed by atoms with E-state index in [0.717, 1.165) is 38.5 Å². The molecule has 2 aliphatic heterocycles. The summed E-state index contributed by atoms with van der Waals surface area (Å²) < 4.78 is 32.4. The summed E-state index contributed by atoms with van der Waals surface area (Å²) in [6, 6.07) is 4.05. The Morgan fingerprint density at radius 1 is 0.931 bits per heavy atom. The Balaban J connectivity index is 1.72. The molecule has 3 rings (SSSR count). The minimum Gasteiger partial charge on any atom is -0.483 e. The van der Waals surface area contributed by atoms with E-state index in [1.54, 1.807) is 4.90 Å². The van der Waals surface area contributed by atoms with E-state index >= 15 is 0 Å². The molecule has 0 radical (unpaired) electrons. The summed E-state index contributed by atoms with van der Waals surface area (Å²) in [5.41, 5.74) is 5.41. The number of carbonyl (C=O) groups is 2. The quantitative estimate of drug-likeness (QED) is 0.749. The molecule has 2 fully saturated rings. The van der Waals surface area contributed by atoms with Crippen LogP contribution in [0, 0.1) is 0 Å². The van der Waals surface area contributed by atoms with Crippen LogP contribution in [0.2, 0.25) is 0 Å². The van der Waals surface area contributed by atoms with Crippen LogP contribution in [-0.2, 0) is 14.8 Å². The highest BCUT2D eigenvalue weighted by Gasteiger charge is 2.28. The van der Waals surface area contributed by atoms with Crippen LogP contribution in [0.25, 0.3) is 0 Å². The SMILES string of the molecule is NC(=O)c1cc(S(=O)(=O)N2CCCC2)ccc1OCC(=O)N1CCCCCCC1. The highest BCUT2D eigenvalue weighted by atomic mass is 32.2. The molecule has 0 bridgehead atoms. The summed E-state index contributed by atoms with van der Waals surface area (Å²) in [5, 5.41) is 0. The minimum atomic E-state index is -3.67. The zero-order chi connectivity index (χ0) is 20.9. The van der Waals surface area contributed by atoms with Gasteiger partial charge in [-0.05, 0) is 43.9 Å². The number of primary amides is 1. The molecule has 0 atom stereocenters. The smallest absolute Gasteiger partial charge is 0.260 e. The van der Waals surface area contributed by atoms with Gasteiger partial charge < -0.3 is 15.4 Å². The van der Waals surface area contributed by atoms with E-state index in [-0.39, 0.29) is 28.7 Å². The van der Waals surface area contributed by atoms with E-state index in [2.05, 4.69) is 0 Å². The van der Waals surface area contributed by atoms with Gasteiger partial charge in [0.1, 0.15) is 5.75 Å². The van der Waals surface area contributed by atoms with Crippen LogP contribution < -0.4 is 10.5 Å². The minimum absolute atomic E-state index is 0.00986. The molecule has 0 saturated carbocycles. The average Bonchev–Trinajstić information content (AvgIpc) is 3.21. The third-order valence-electron chi connectivity index (χ3n) is 5.48. The predicted octanol–water partition coefficient (Wildman–Crippen LogP) is 1.74. The third-order valence-corrected chi connectivity index (χ3v) is 7.37. The van der Waals surface area contributed by atoms with Gasteiger partial charge in [0.2, 0.25) is 10.0 Å². The molecule has 29 heavy (non-hydrogen) atoms. The summed E-state index contributed by atoms with van der Waals surface area (Å²) >= 11 is 0. The van der Waals surface area contributed by atoms with Crippen LogP contribution in [0.1, 0.15) is 55.3 Å². The lowest BCUT2D eigenvalue weighted by Crippen LogP contribution is -2.37. The first-order chi connectivity index (χ1) is 13.9. The highest BCUT2D eigenvalue weighted by molar-refractivity contribution is 7.89. The fourth-order valence-electron chi connectivity index (χ4n) is 3.79. The lowest BCUT2D eigenvalue weighted by atomic mass is 10.1. The van der Waals surface area contributed by atoms with Gasteiger partial charge in [-0.1, -0.05) is 19.3 Å². The molecule has 0 aromatic heterocycles. The maximum Gasteiger partial charge on any atom is 0.260 e. The van der Waals surface area contributed by atoms with Crippen LogP contribution in [0.5, 0.6) is 5.75 Å². The number of likely N-dealkylation sites (tertiary alicyclic amines) is 1. The molecule has 8 nitrogen and oxygen atoms in total. The number of nitrogens with two attached hydrogens (primary N) is 1. The van der Waals surface area contributed by atoms with Crippen molar-refractivity contribution in [3.63, 3.8) is 0 Å². The van der Waals surface area contributed by atoms with Crippen LogP contribution in [0.15, 0.2) is 23.1 Å². The monoisotopic (exact) mass is 423 g/mol. The number of carbonyl (C=O) groups excluding carboxylic acids is 2. The highest BCUT2D eigenvalue weighted by Crippen LogP contribution is 2.26. The number of sulfonamides is 1. The molecule has 0 unspecified atom stereocenters. The molecule has 1 aromatic rings. The van der Waals surface area contributed by atoms with Gasteiger partial charge in [-0.3, -0.25) is 9.59 Å². The number of rotatable bonds is 6. The fourth-order valence-corrected chi connectivity index (χ4v) is 5.34. The van der Waals surface area contributed by atoms with Crippen LogP contribution in [-0.4, -0.2) is 62.2 Å². The second-order valence-corrected chi connectivity index (χ2v) is 9.51. The maximum absolute atomic E-state index is 12.7. The van der Waals surface area contributed by atoms with Crippen molar-refractivity contribution in [3.05, 3.63) is 23.8 Å². The maximum atomic E-state index is 12.7. The Bertz CT molecular complexity index is 842. The molecule has 0 spiro atoms. The van der Waals surface area contributed by atoms with Crippen LogP contribution in [0.3, 0.4) is 0 Å². The number of hydrogen-bond acceptors (Lipinski definition) is 5. The summed E-state index contributed by atoms with van der Waals surface area (Å²) in [6.07, 6.45) is 7.02. The zero-order valence-electron chi connectivity index (χ0n) is 16.6. The molecule has 2 aliphatic rings. The van der Waals surface area contributed by atoms with Crippen molar-refractivity contribution in [1.82, 2.24) is 9.21 Å². The fraction of sp³-hybridized carbons (Fsp3) is 0.600.